The van der Waals surface area contributed by atoms with E-state index in [1.807, 2.05) is 24.0 Å². The van der Waals surface area contributed by atoms with Gasteiger partial charge >= 0.3 is 0 Å². The summed E-state index contributed by atoms with van der Waals surface area (Å²) in [6.07, 6.45) is 0.876. The average Bonchev–Trinajstić information content (AvgIpc) is 2.81. The van der Waals surface area contributed by atoms with Crippen LogP contribution in [0.3, 0.4) is 0 Å². The van der Waals surface area contributed by atoms with Crippen LogP contribution in [0.5, 0.6) is 0 Å². The number of nitrogen functional groups attached to an aromatic ring is 1. The first-order valence-electron chi connectivity index (χ1n) is 7.89. The molecule has 8 heteroatoms. The number of hydrogen-bond acceptors (Lipinski definition) is 7. The summed E-state index contributed by atoms with van der Waals surface area (Å²) < 4.78 is 0. The highest BCUT2D eigenvalue weighted by molar-refractivity contribution is 5.69. The van der Waals surface area contributed by atoms with E-state index in [0.29, 0.717) is 17.9 Å². The minimum Gasteiger partial charge on any atom is -0.399 e. The van der Waals surface area contributed by atoms with Crippen LogP contribution in [0.25, 0.3) is 0 Å². The Balaban J connectivity index is 1.80. The van der Waals surface area contributed by atoms with Crippen LogP contribution in [0.1, 0.15) is 12.1 Å². The number of nitro benzene ring substituents is 1. The number of nitrogens with two attached hydrogens (primary N) is 1. The third-order valence-corrected chi connectivity index (χ3v) is 4.14. The maximum atomic E-state index is 11.3. The molecule has 0 aliphatic carbocycles. The molecule has 1 fully saturated rings. The van der Waals surface area contributed by atoms with Gasteiger partial charge in [-0.05, 0) is 37.6 Å². The minimum atomic E-state index is -0.358. The zero-order chi connectivity index (χ0) is 17.1. The molecule has 2 aromatic rings. The second-order valence-electron chi connectivity index (χ2n) is 5.87. The molecule has 24 heavy (non-hydrogen) atoms. The maximum absolute atomic E-state index is 11.3. The molecule has 1 aromatic carbocycles. The summed E-state index contributed by atoms with van der Waals surface area (Å²) in [5.74, 6) is 0.838. The van der Waals surface area contributed by atoms with E-state index in [-0.39, 0.29) is 10.6 Å². The Bertz CT molecular complexity index is 734. The number of hydrogen-bond donors (Lipinski definition) is 1. The molecule has 0 saturated carbocycles. The fourth-order valence-corrected chi connectivity index (χ4v) is 2.90. The number of anilines is 3. The first-order chi connectivity index (χ1) is 11.5. The van der Waals surface area contributed by atoms with Crippen molar-refractivity contribution in [1.29, 1.82) is 0 Å². The van der Waals surface area contributed by atoms with E-state index in [0.717, 1.165) is 37.6 Å². The number of rotatable bonds is 3. The standard InChI is InChI=1S/C16H20N6O2/c1-12-3-6-16(19-18-12)21-8-2-7-20(9-10-21)15-11-13(17)4-5-14(15)22(23)24/h3-6,11H,2,7-10,17H2,1H3. The molecule has 0 amide bonds. The lowest BCUT2D eigenvalue weighted by molar-refractivity contribution is -0.384. The Morgan fingerprint density at radius 1 is 1.08 bits per heavy atom. The Kier molecular flexibility index (Phi) is 4.45. The molecule has 0 bridgehead atoms. The van der Waals surface area contributed by atoms with Gasteiger partial charge in [0.05, 0.1) is 10.6 Å². The van der Waals surface area contributed by atoms with Crippen LogP contribution in [0, 0.1) is 17.0 Å². The minimum absolute atomic E-state index is 0.0905. The molecule has 0 atom stereocenters. The molecule has 2 heterocycles. The molecular formula is C16H20N6O2. The molecular weight excluding hydrogens is 308 g/mol. The SMILES string of the molecule is Cc1ccc(N2CCCN(c3cc(N)ccc3[N+](=O)[O-])CC2)nn1. The van der Waals surface area contributed by atoms with E-state index in [4.69, 9.17) is 5.73 Å². The van der Waals surface area contributed by atoms with Gasteiger partial charge in [-0.1, -0.05) is 0 Å². The molecule has 3 rings (SSSR count). The third kappa shape index (κ3) is 3.37. The van der Waals surface area contributed by atoms with E-state index in [2.05, 4.69) is 15.1 Å². The Morgan fingerprint density at radius 3 is 2.54 bits per heavy atom. The van der Waals surface area contributed by atoms with Gasteiger partial charge in [-0.15, -0.1) is 5.10 Å². The average molecular weight is 328 g/mol. The van der Waals surface area contributed by atoms with Crippen LogP contribution >= 0.6 is 0 Å². The maximum Gasteiger partial charge on any atom is 0.292 e. The lowest BCUT2D eigenvalue weighted by Gasteiger charge is -2.24. The molecule has 0 unspecified atom stereocenters. The number of aromatic nitrogens is 2. The second kappa shape index (κ2) is 6.69. The molecule has 0 radical (unpaired) electrons. The van der Waals surface area contributed by atoms with Crippen LogP contribution in [0.2, 0.25) is 0 Å². The highest BCUT2D eigenvalue weighted by atomic mass is 16.6. The Hall–Kier alpha value is -2.90. The van der Waals surface area contributed by atoms with Crippen LogP contribution in [-0.4, -0.2) is 41.3 Å². The Morgan fingerprint density at radius 2 is 1.83 bits per heavy atom. The summed E-state index contributed by atoms with van der Waals surface area (Å²) in [5.41, 5.74) is 7.91. The van der Waals surface area contributed by atoms with Crippen molar-refractivity contribution in [2.75, 3.05) is 41.7 Å². The molecule has 1 aliphatic heterocycles. The van der Waals surface area contributed by atoms with Gasteiger partial charge in [0, 0.05) is 37.9 Å². The first-order valence-corrected chi connectivity index (χ1v) is 7.89. The van der Waals surface area contributed by atoms with Crippen molar-refractivity contribution in [2.24, 2.45) is 0 Å². The summed E-state index contributed by atoms with van der Waals surface area (Å²) in [6.45, 7) is 4.87. The predicted octanol–water partition coefficient (Wildman–Crippen LogP) is 1.99. The van der Waals surface area contributed by atoms with Crippen molar-refractivity contribution in [1.82, 2.24) is 10.2 Å². The van der Waals surface area contributed by atoms with E-state index >= 15 is 0 Å². The second-order valence-corrected chi connectivity index (χ2v) is 5.87. The fraction of sp³-hybridized carbons (Fsp3) is 0.375. The Labute approximate surface area is 140 Å². The first kappa shape index (κ1) is 16.0. The van der Waals surface area contributed by atoms with Crippen molar-refractivity contribution in [2.45, 2.75) is 13.3 Å². The van der Waals surface area contributed by atoms with Crippen LogP contribution < -0.4 is 15.5 Å². The van der Waals surface area contributed by atoms with Crippen LogP contribution in [0.15, 0.2) is 30.3 Å². The zero-order valence-corrected chi connectivity index (χ0v) is 13.6. The highest BCUT2D eigenvalue weighted by Crippen LogP contribution is 2.31. The van der Waals surface area contributed by atoms with Gasteiger partial charge < -0.3 is 15.5 Å². The largest absolute Gasteiger partial charge is 0.399 e. The molecule has 1 aliphatic rings. The number of benzene rings is 1. The lowest BCUT2D eigenvalue weighted by Crippen LogP contribution is -2.31. The number of nitrogens with zero attached hydrogens (tertiary/aromatic N) is 5. The van der Waals surface area contributed by atoms with Crippen molar-refractivity contribution in [3.63, 3.8) is 0 Å². The molecule has 126 valence electrons. The van der Waals surface area contributed by atoms with Gasteiger partial charge in [-0.25, -0.2) is 0 Å². The summed E-state index contributed by atoms with van der Waals surface area (Å²) in [6, 6.07) is 8.61. The number of nitro groups is 1. The summed E-state index contributed by atoms with van der Waals surface area (Å²) in [5, 5.41) is 19.6. The lowest BCUT2D eigenvalue weighted by atomic mass is 10.2. The van der Waals surface area contributed by atoms with Crippen molar-refractivity contribution < 1.29 is 4.92 Å². The topological polar surface area (TPSA) is 101 Å². The van der Waals surface area contributed by atoms with E-state index in [1.54, 1.807) is 12.1 Å². The van der Waals surface area contributed by atoms with Gasteiger partial charge in [0.1, 0.15) is 5.69 Å². The molecule has 2 N–H and O–H groups in total. The monoisotopic (exact) mass is 328 g/mol. The predicted molar refractivity (Wildman–Crippen MR) is 93.3 cm³/mol. The van der Waals surface area contributed by atoms with Crippen LogP contribution in [0.4, 0.5) is 22.9 Å². The summed E-state index contributed by atoms with van der Waals surface area (Å²) in [4.78, 5) is 15.1. The van der Waals surface area contributed by atoms with E-state index in [1.165, 1.54) is 6.07 Å². The summed E-state index contributed by atoms with van der Waals surface area (Å²) in [7, 11) is 0. The number of aryl methyl sites for hydroxylation is 1. The molecule has 0 spiro atoms. The fourth-order valence-electron chi connectivity index (χ4n) is 2.90. The van der Waals surface area contributed by atoms with Gasteiger partial charge in [-0.2, -0.15) is 5.10 Å². The highest BCUT2D eigenvalue weighted by Gasteiger charge is 2.23. The van der Waals surface area contributed by atoms with Gasteiger partial charge in [0.15, 0.2) is 5.82 Å². The smallest absolute Gasteiger partial charge is 0.292 e. The molecule has 1 saturated heterocycles. The van der Waals surface area contributed by atoms with Crippen LogP contribution in [-0.2, 0) is 0 Å². The third-order valence-electron chi connectivity index (χ3n) is 4.14. The van der Waals surface area contributed by atoms with E-state index < -0.39 is 0 Å². The van der Waals surface area contributed by atoms with Gasteiger partial charge in [-0.3, -0.25) is 10.1 Å². The van der Waals surface area contributed by atoms with Gasteiger partial charge in [0.25, 0.3) is 5.69 Å². The summed E-state index contributed by atoms with van der Waals surface area (Å²) >= 11 is 0. The van der Waals surface area contributed by atoms with Crippen molar-refractivity contribution >= 4 is 22.9 Å². The van der Waals surface area contributed by atoms with E-state index in [9.17, 15) is 10.1 Å². The van der Waals surface area contributed by atoms with Crippen molar-refractivity contribution in [3.05, 3.63) is 46.1 Å². The molecule has 8 nitrogen and oxygen atoms in total. The molecule has 1 aromatic heterocycles. The van der Waals surface area contributed by atoms with Gasteiger partial charge in [0.2, 0.25) is 0 Å². The quantitative estimate of drug-likeness (QED) is 0.522. The zero-order valence-electron chi connectivity index (χ0n) is 13.6. The normalized spacial score (nSPS) is 15.2. The van der Waals surface area contributed by atoms with Crippen molar-refractivity contribution in [3.8, 4) is 0 Å².